The van der Waals surface area contributed by atoms with Crippen LogP contribution >= 0.6 is 0 Å². The SMILES string of the molecule is CCCNC(=O)[C@H](CC)N(Cc1cccc(OC)c1)C(=O)CN(C)S(=O)(=O)c1ccc(C)cc1. The molecule has 34 heavy (non-hydrogen) atoms. The summed E-state index contributed by atoms with van der Waals surface area (Å²) in [5.41, 5.74) is 1.71. The second-order valence-electron chi connectivity index (χ2n) is 8.16. The number of methoxy groups -OCH3 is 1. The summed E-state index contributed by atoms with van der Waals surface area (Å²) < 4.78 is 32.3. The molecule has 1 N–H and O–H groups in total. The highest BCUT2D eigenvalue weighted by atomic mass is 32.2. The first-order valence-corrected chi connectivity index (χ1v) is 12.8. The maximum absolute atomic E-state index is 13.4. The number of ether oxygens (including phenoxy) is 1. The molecule has 0 heterocycles. The van der Waals surface area contributed by atoms with Crippen molar-refractivity contribution >= 4 is 21.8 Å². The van der Waals surface area contributed by atoms with Gasteiger partial charge in [-0.1, -0.05) is 43.7 Å². The fourth-order valence-corrected chi connectivity index (χ4v) is 4.63. The quantitative estimate of drug-likeness (QED) is 0.495. The van der Waals surface area contributed by atoms with Gasteiger partial charge in [0.2, 0.25) is 21.8 Å². The predicted molar refractivity (Wildman–Crippen MR) is 132 cm³/mol. The lowest BCUT2D eigenvalue weighted by Crippen LogP contribution is -2.51. The second kappa shape index (κ2) is 12.5. The highest BCUT2D eigenvalue weighted by Gasteiger charge is 2.31. The van der Waals surface area contributed by atoms with Gasteiger partial charge in [0.1, 0.15) is 11.8 Å². The average Bonchev–Trinajstić information content (AvgIpc) is 2.82. The molecule has 0 aliphatic carbocycles. The molecule has 9 heteroatoms. The number of amides is 2. The predicted octanol–water partition coefficient (Wildman–Crippen LogP) is 2.96. The third-order valence-corrected chi connectivity index (χ3v) is 7.33. The number of aryl methyl sites for hydroxylation is 1. The Labute approximate surface area is 202 Å². The third-order valence-electron chi connectivity index (χ3n) is 5.51. The minimum Gasteiger partial charge on any atom is -0.497 e. The average molecular weight is 490 g/mol. The van der Waals surface area contributed by atoms with Crippen LogP contribution in [-0.2, 0) is 26.2 Å². The van der Waals surface area contributed by atoms with Crippen LogP contribution in [0.1, 0.15) is 37.8 Å². The fraction of sp³-hybridized carbons (Fsp3) is 0.440. The maximum atomic E-state index is 13.4. The number of hydrogen-bond acceptors (Lipinski definition) is 5. The van der Waals surface area contributed by atoms with Gasteiger partial charge in [-0.2, -0.15) is 4.31 Å². The third kappa shape index (κ3) is 7.04. The molecule has 0 bridgehead atoms. The van der Waals surface area contributed by atoms with Crippen molar-refractivity contribution in [2.75, 3.05) is 27.2 Å². The molecule has 8 nitrogen and oxygen atoms in total. The number of sulfonamides is 1. The molecule has 0 unspecified atom stereocenters. The highest BCUT2D eigenvalue weighted by molar-refractivity contribution is 7.89. The number of likely N-dealkylation sites (N-methyl/N-ethyl adjacent to an activating group) is 1. The van der Waals surface area contributed by atoms with Gasteiger partial charge in [0.25, 0.3) is 0 Å². The van der Waals surface area contributed by atoms with E-state index in [1.807, 2.05) is 32.9 Å². The standard InChI is InChI=1S/C25H35N3O5S/c1-6-15-26-25(30)23(7-2)28(17-20-9-8-10-21(16-20)33-5)24(29)18-27(4)34(31,32)22-13-11-19(3)12-14-22/h8-14,16,23H,6-7,15,17-18H2,1-5H3,(H,26,30)/t23-/m0/s1. The van der Waals surface area contributed by atoms with Crippen LogP contribution in [0.15, 0.2) is 53.4 Å². The summed E-state index contributed by atoms with van der Waals surface area (Å²) in [4.78, 5) is 27.9. The van der Waals surface area contributed by atoms with Gasteiger partial charge in [-0.15, -0.1) is 0 Å². The van der Waals surface area contributed by atoms with Gasteiger partial charge in [-0.25, -0.2) is 8.42 Å². The number of benzene rings is 2. The molecule has 1 atom stereocenters. The van der Waals surface area contributed by atoms with Crippen molar-refractivity contribution in [1.82, 2.24) is 14.5 Å². The summed E-state index contributed by atoms with van der Waals surface area (Å²) in [6.07, 6.45) is 1.16. The van der Waals surface area contributed by atoms with Gasteiger partial charge in [-0.3, -0.25) is 9.59 Å². The van der Waals surface area contributed by atoms with E-state index in [0.29, 0.717) is 18.7 Å². The summed E-state index contributed by atoms with van der Waals surface area (Å²) in [7, 11) is -0.944. The van der Waals surface area contributed by atoms with E-state index >= 15 is 0 Å². The lowest BCUT2D eigenvalue weighted by Gasteiger charge is -2.32. The van der Waals surface area contributed by atoms with Crippen molar-refractivity contribution in [3.8, 4) is 5.75 Å². The molecule has 0 fully saturated rings. The van der Waals surface area contributed by atoms with Gasteiger partial charge in [0, 0.05) is 20.1 Å². The van der Waals surface area contributed by atoms with Crippen LogP contribution in [0.4, 0.5) is 0 Å². The summed E-state index contributed by atoms with van der Waals surface area (Å²) >= 11 is 0. The zero-order valence-corrected chi connectivity index (χ0v) is 21.4. The van der Waals surface area contributed by atoms with Crippen LogP contribution in [0, 0.1) is 6.92 Å². The van der Waals surface area contributed by atoms with Crippen LogP contribution in [-0.4, -0.2) is 62.7 Å². The van der Waals surface area contributed by atoms with Crippen molar-refractivity contribution < 1.29 is 22.7 Å². The molecule has 2 aromatic carbocycles. The Bertz CT molecular complexity index is 1070. The molecular formula is C25H35N3O5S. The summed E-state index contributed by atoms with van der Waals surface area (Å²) in [6.45, 7) is 5.90. The van der Waals surface area contributed by atoms with Crippen molar-refractivity contribution in [2.24, 2.45) is 0 Å². The summed E-state index contributed by atoms with van der Waals surface area (Å²) in [6, 6.07) is 13.0. The van der Waals surface area contributed by atoms with E-state index in [0.717, 1.165) is 21.9 Å². The van der Waals surface area contributed by atoms with Crippen molar-refractivity contribution in [3.63, 3.8) is 0 Å². The van der Waals surface area contributed by atoms with Crippen molar-refractivity contribution in [1.29, 1.82) is 0 Å². The summed E-state index contributed by atoms with van der Waals surface area (Å²) in [5.74, 6) is -0.0865. The molecule has 186 valence electrons. The first-order chi connectivity index (χ1) is 16.1. The van der Waals surface area contributed by atoms with E-state index in [4.69, 9.17) is 4.74 Å². The van der Waals surface area contributed by atoms with Crippen LogP contribution in [0.25, 0.3) is 0 Å². The van der Waals surface area contributed by atoms with E-state index in [2.05, 4.69) is 5.32 Å². The van der Waals surface area contributed by atoms with Crippen LogP contribution in [0.2, 0.25) is 0 Å². The first-order valence-electron chi connectivity index (χ1n) is 11.4. The highest BCUT2D eigenvalue weighted by Crippen LogP contribution is 2.19. The van der Waals surface area contributed by atoms with Gasteiger partial charge < -0.3 is 15.0 Å². The second-order valence-corrected chi connectivity index (χ2v) is 10.2. The minimum absolute atomic E-state index is 0.112. The number of carbonyl (C=O) groups is 2. The lowest BCUT2D eigenvalue weighted by atomic mass is 10.1. The van der Waals surface area contributed by atoms with E-state index in [9.17, 15) is 18.0 Å². The van der Waals surface area contributed by atoms with Gasteiger partial charge in [0.05, 0.1) is 18.6 Å². The molecule has 0 aromatic heterocycles. The zero-order valence-electron chi connectivity index (χ0n) is 20.6. The smallest absolute Gasteiger partial charge is 0.243 e. The van der Waals surface area contributed by atoms with Gasteiger partial charge >= 0.3 is 0 Å². The van der Waals surface area contributed by atoms with E-state index < -0.39 is 28.5 Å². The van der Waals surface area contributed by atoms with Crippen molar-refractivity contribution in [2.45, 2.75) is 51.1 Å². The molecular weight excluding hydrogens is 454 g/mol. The molecule has 2 aromatic rings. The maximum Gasteiger partial charge on any atom is 0.243 e. The molecule has 0 spiro atoms. The summed E-state index contributed by atoms with van der Waals surface area (Å²) in [5, 5.41) is 2.85. The Morgan fingerprint density at radius 1 is 1.09 bits per heavy atom. The largest absolute Gasteiger partial charge is 0.497 e. The number of carbonyl (C=O) groups excluding carboxylic acids is 2. The van der Waals surface area contributed by atoms with Crippen molar-refractivity contribution in [3.05, 3.63) is 59.7 Å². The van der Waals surface area contributed by atoms with Gasteiger partial charge in [-0.05, 0) is 49.6 Å². The molecule has 0 aliphatic rings. The number of hydrogen-bond donors (Lipinski definition) is 1. The van der Waals surface area contributed by atoms with E-state index in [-0.39, 0.29) is 17.3 Å². The molecule has 0 saturated carbocycles. The Morgan fingerprint density at radius 2 is 1.76 bits per heavy atom. The molecule has 2 amide bonds. The Hall–Kier alpha value is -2.91. The van der Waals surface area contributed by atoms with Crippen LogP contribution in [0.3, 0.4) is 0 Å². The number of nitrogens with one attached hydrogen (secondary N) is 1. The van der Waals surface area contributed by atoms with Gasteiger partial charge in [0.15, 0.2) is 0 Å². The van der Waals surface area contributed by atoms with E-state index in [1.54, 1.807) is 31.4 Å². The van der Waals surface area contributed by atoms with Crippen LogP contribution in [0.5, 0.6) is 5.75 Å². The fourth-order valence-electron chi connectivity index (χ4n) is 3.51. The Morgan fingerprint density at radius 3 is 2.35 bits per heavy atom. The Balaban J connectivity index is 2.32. The Kier molecular flexibility index (Phi) is 10.1. The van der Waals surface area contributed by atoms with E-state index in [1.165, 1.54) is 24.1 Å². The topological polar surface area (TPSA) is 96.0 Å². The molecule has 0 aliphatic heterocycles. The zero-order chi connectivity index (χ0) is 25.3. The molecule has 0 radical (unpaired) electrons. The minimum atomic E-state index is -3.87. The number of rotatable bonds is 12. The first kappa shape index (κ1) is 27.3. The molecule has 2 rings (SSSR count). The lowest BCUT2D eigenvalue weighted by molar-refractivity contribution is -0.141. The monoisotopic (exact) mass is 489 g/mol. The molecule has 0 saturated heterocycles. The number of nitrogens with zero attached hydrogens (tertiary/aromatic N) is 2. The van der Waals surface area contributed by atoms with Crippen LogP contribution < -0.4 is 10.1 Å². The normalized spacial score (nSPS) is 12.3.